The van der Waals surface area contributed by atoms with Crippen LogP contribution >= 0.6 is 0 Å². The van der Waals surface area contributed by atoms with Gasteiger partial charge < -0.3 is 0 Å². The van der Waals surface area contributed by atoms with Crippen molar-refractivity contribution in [3.63, 3.8) is 0 Å². The van der Waals surface area contributed by atoms with E-state index in [4.69, 9.17) is 0 Å². The van der Waals surface area contributed by atoms with E-state index in [1.165, 1.54) is 32.1 Å². The zero-order chi connectivity index (χ0) is 6.32. The van der Waals surface area contributed by atoms with E-state index >= 15 is 0 Å². The van der Waals surface area contributed by atoms with E-state index in [0.29, 0.717) is 0 Å². The molecule has 1 spiro atoms. The molecule has 0 heteroatoms. The second-order valence-electron chi connectivity index (χ2n) is 3.60. The number of hydrogen-bond donors (Lipinski definition) is 0. The van der Waals surface area contributed by atoms with Gasteiger partial charge in [-0.15, -0.1) is 6.58 Å². The molecule has 2 saturated carbocycles. The lowest BCUT2D eigenvalue weighted by atomic mass is 9.50. The Morgan fingerprint density at radius 1 is 1.33 bits per heavy atom. The van der Waals surface area contributed by atoms with Crippen molar-refractivity contribution in [2.75, 3.05) is 0 Å². The van der Waals surface area contributed by atoms with Gasteiger partial charge in [-0.1, -0.05) is 12.5 Å². The van der Waals surface area contributed by atoms with Crippen LogP contribution in [0.2, 0.25) is 0 Å². The maximum absolute atomic E-state index is 3.86. The number of hydrogen-bond acceptors (Lipinski definition) is 0. The topological polar surface area (TPSA) is 0 Å². The molecule has 0 heterocycles. The van der Waals surface area contributed by atoms with Crippen molar-refractivity contribution in [1.82, 2.24) is 0 Å². The Morgan fingerprint density at radius 2 is 2.11 bits per heavy atom. The lowest BCUT2D eigenvalue weighted by molar-refractivity contribution is -0.0207. The summed E-state index contributed by atoms with van der Waals surface area (Å²) in [6, 6.07) is 0. The summed E-state index contributed by atoms with van der Waals surface area (Å²) in [4.78, 5) is 0. The zero-order valence-corrected chi connectivity index (χ0v) is 5.90. The third kappa shape index (κ3) is 0.540. The smallest absolute Gasteiger partial charge is 0.0179 e. The van der Waals surface area contributed by atoms with Crippen LogP contribution in [0.25, 0.3) is 0 Å². The van der Waals surface area contributed by atoms with Crippen LogP contribution < -0.4 is 0 Å². The molecule has 50 valence electrons. The molecule has 0 aliphatic heterocycles. The first-order chi connectivity index (χ1) is 4.37. The normalized spacial score (nSPS) is 37.1. The predicted molar refractivity (Wildman–Crippen MR) is 39.2 cm³/mol. The molecule has 0 amide bonds. The van der Waals surface area contributed by atoms with Gasteiger partial charge in [0.15, 0.2) is 0 Å². The van der Waals surface area contributed by atoms with Gasteiger partial charge >= 0.3 is 0 Å². The van der Waals surface area contributed by atoms with Crippen molar-refractivity contribution >= 4 is 0 Å². The average molecular weight is 122 g/mol. The molecule has 0 aromatic carbocycles. The minimum absolute atomic E-state index is 0.793. The minimum atomic E-state index is 0.793. The van der Waals surface area contributed by atoms with Crippen molar-refractivity contribution in [3.05, 3.63) is 12.7 Å². The quantitative estimate of drug-likeness (QED) is 0.469. The molecular formula is C9H14. The SMILES string of the molecule is C=CC1CCC12CCC2. The van der Waals surface area contributed by atoms with Gasteiger partial charge in [0.1, 0.15) is 0 Å². The van der Waals surface area contributed by atoms with Gasteiger partial charge in [-0.3, -0.25) is 0 Å². The largest absolute Gasteiger partial charge is 0.103 e. The zero-order valence-electron chi connectivity index (χ0n) is 5.90. The summed E-state index contributed by atoms with van der Waals surface area (Å²) in [6.45, 7) is 3.86. The molecule has 0 nitrogen and oxygen atoms in total. The summed E-state index contributed by atoms with van der Waals surface area (Å²) in [5.41, 5.74) is 0.793. The van der Waals surface area contributed by atoms with Crippen LogP contribution in [0.1, 0.15) is 32.1 Å². The van der Waals surface area contributed by atoms with Gasteiger partial charge in [-0.05, 0) is 37.0 Å². The van der Waals surface area contributed by atoms with E-state index in [1.807, 2.05) is 0 Å². The Labute approximate surface area is 57.0 Å². The van der Waals surface area contributed by atoms with Crippen LogP contribution in [0.4, 0.5) is 0 Å². The average Bonchev–Trinajstić information content (AvgIpc) is 1.59. The minimum Gasteiger partial charge on any atom is -0.103 e. The van der Waals surface area contributed by atoms with Gasteiger partial charge in [0.2, 0.25) is 0 Å². The van der Waals surface area contributed by atoms with Crippen molar-refractivity contribution in [1.29, 1.82) is 0 Å². The second-order valence-corrected chi connectivity index (χ2v) is 3.60. The van der Waals surface area contributed by atoms with Crippen LogP contribution in [0.5, 0.6) is 0 Å². The Morgan fingerprint density at radius 3 is 2.22 bits per heavy atom. The molecule has 0 radical (unpaired) electrons. The molecule has 2 aliphatic rings. The number of allylic oxidation sites excluding steroid dienone is 1. The van der Waals surface area contributed by atoms with Crippen LogP contribution in [-0.4, -0.2) is 0 Å². The standard InChI is InChI=1S/C9H14/c1-2-8-4-7-9(8)5-3-6-9/h2,8H,1,3-7H2. The van der Waals surface area contributed by atoms with Gasteiger partial charge in [-0.25, -0.2) is 0 Å². The highest BCUT2D eigenvalue weighted by molar-refractivity contribution is 5.06. The molecule has 0 aromatic heterocycles. The summed E-state index contributed by atoms with van der Waals surface area (Å²) >= 11 is 0. The molecule has 1 atom stereocenters. The lowest BCUT2D eigenvalue weighted by Gasteiger charge is -2.55. The van der Waals surface area contributed by atoms with Crippen LogP contribution in [0.15, 0.2) is 12.7 Å². The first kappa shape index (κ1) is 5.52. The predicted octanol–water partition coefficient (Wildman–Crippen LogP) is 2.75. The summed E-state index contributed by atoms with van der Waals surface area (Å²) in [7, 11) is 0. The van der Waals surface area contributed by atoms with Crippen LogP contribution in [0, 0.1) is 11.3 Å². The highest BCUT2D eigenvalue weighted by Gasteiger charge is 2.48. The molecule has 0 saturated heterocycles. The van der Waals surface area contributed by atoms with Gasteiger partial charge in [-0.2, -0.15) is 0 Å². The van der Waals surface area contributed by atoms with Crippen molar-refractivity contribution < 1.29 is 0 Å². The molecule has 0 bridgehead atoms. The summed E-state index contributed by atoms with van der Waals surface area (Å²) in [5.74, 6) is 0.895. The molecule has 2 aliphatic carbocycles. The third-order valence-corrected chi connectivity index (χ3v) is 3.37. The van der Waals surface area contributed by atoms with Gasteiger partial charge in [0.25, 0.3) is 0 Å². The van der Waals surface area contributed by atoms with E-state index in [-0.39, 0.29) is 0 Å². The van der Waals surface area contributed by atoms with E-state index in [1.54, 1.807) is 0 Å². The van der Waals surface area contributed by atoms with Gasteiger partial charge in [0.05, 0.1) is 0 Å². The molecular weight excluding hydrogens is 108 g/mol. The molecule has 2 rings (SSSR count). The van der Waals surface area contributed by atoms with E-state index in [2.05, 4.69) is 12.7 Å². The van der Waals surface area contributed by atoms with Crippen LogP contribution in [0.3, 0.4) is 0 Å². The molecule has 2 fully saturated rings. The Balaban J connectivity index is 2.04. The Bertz CT molecular complexity index is 125. The molecule has 0 N–H and O–H groups in total. The maximum atomic E-state index is 3.86. The molecule has 9 heavy (non-hydrogen) atoms. The second kappa shape index (κ2) is 1.62. The summed E-state index contributed by atoms with van der Waals surface area (Å²) < 4.78 is 0. The van der Waals surface area contributed by atoms with E-state index < -0.39 is 0 Å². The third-order valence-electron chi connectivity index (χ3n) is 3.37. The fourth-order valence-electron chi connectivity index (χ4n) is 2.34. The van der Waals surface area contributed by atoms with Crippen molar-refractivity contribution in [2.24, 2.45) is 11.3 Å². The first-order valence-corrected chi connectivity index (χ1v) is 4.00. The highest BCUT2D eigenvalue weighted by atomic mass is 14.5. The fraction of sp³-hybridized carbons (Fsp3) is 0.778. The molecule has 1 unspecified atom stereocenters. The summed E-state index contributed by atoms with van der Waals surface area (Å²) in [6.07, 6.45) is 9.54. The first-order valence-electron chi connectivity index (χ1n) is 4.00. The molecule has 0 aromatic rings. The van der Waals surface area contributed by atoms with Gasteiger partial charge in [0, 0.05) is 0 Å². The lowest BCUT2D eigenvalue weighted by Crippen LogP contribution is -2.44. The maximum Gasteiger partial charge on any atom is -0.0179 e. The van der Waals surface area contributed by atoms with Crippen LogP contribution in [-0.2, 0) is 0 Å². The Hall–Kier alpha value is -0.260. The fourth-order valence-corrected chi connectivity index (χ4v) is 2.34. The van der Waals surface area contributed by atoms with E-state index in [0.717, 1.165) is 11.3 Å². The Kier molecular flexibility index (Phi) is 0.992. The van der Waals surface area contributed by atoms with Crippen molar-refractivity contribution in [3.8, 4) is 0 Å². The highest BCUT2D eigenvalue weighted by Crippen LogP contribution is 2.59. The monoisotopic (exact) mass is 122 g/mol. The van der Waals surface area contributed by atoms with E-state index in [9.17, 15) is 0 Å². The number of rotatable bonds is 1. The summed E-state index contributed by atoms with van der Waals surface area (Å²) in [5, 5.41) is 0. The van der Waals surface area contributed by atoms with Crippen molar-refractivity contribution in [2.45, 2.75) is 32.1 Å².